The first kappa shape index (κ1) is 15.5. The van der Waals surface area contributed by atoms with E-state index in [0.29, 0.717) is 17.4 Å². The highest BCUT2D eigenvalue weighted by Crippen LogP contribution is 2.31. The van der Waals surface area contributed by atoms with E-state index in [9.17, 15) is 13.6 Å². The third kappa shape index (κ3) is 2.65. The van der Waals surface area contributed by atoms with Gasteiger partial charge >= 0.3 is 0 Å². The lowest BCUT2D eigenvalue weighted by molar-refractivity contribution is -0.0360. The summed E-state index contributed by atoms with van der Waals surface area (Å²) >= 11 is 0. The van der Waals surface area contributed by atoms with Gasteiger partial charge in [-0.05, 0) is 22.9 Å². The number of ether oxygens (including phenoxy) is 1. The predicted molar refractivity (Wildman–Crippen MR) is 86.3 cm³/mol. The Bertz CT molecular complexity index is 790. The Labute approximate surface area is 138 Å². The normalized spacial score (nSPS) is 22.0. The van der Waals surface area contributed by atoms with Crippen molar-refractivity contribution in [1.29, 1.82) is 0 Å². The SMILES string of the molecule is O=C(NC1COC2(CNC2)C1)c1cc(C(F)F)cc2ccccc12. The van der Waals surface area contributed by atoms with Gasteiger partial charge in [0.2, 0.25) is 0 Å². The summed E-state index contributed by atoms with van der Waals surface area (Å²) in [7, 11) is 0. The van der Waals surface area contributed by atoms with Gasteiger partial charge in [-0.2, -0.15) is 0 Å². The Balaban J connectivity index is 1.61. The molecular weight excluding hydrogens is 314 g/mol. The van der Waals surface area contributed by atoms with Crippen LogP contribution in [0.1, 0.15) is 28.8 Å². The summed E-state index contributed by atoms with van der Waals surface area (Å²) in [5.41, 5.74) is -0.0116. The summed E-state index contributed by atoms with van der Waals surface area (Å²) in [5, 5.41) is 7.43. The maximum atomic E-state index is 13.1. The lowest BCUT2D eigenvalue weighted by Gasteiger charge is -2.38. The van der Waals surface area contributed by atoms with Gasteiger partial charge in [-0.3, -0.25) is 4.79 Å². The largest absolute Gasteiger partial charge is 0.370 e. The van der Waals surface area contributed by atoms with Gasteiger partial charge in [0.25, 0.3) is 12.3 Å². The molecule has 2 aromatic rings. The average molecular weight is 332 g/mol. The number of hydrogen-bond acceptors (Lipinski definition) is 3. The molecule has 0 bridgehead atoms. The van der Waals surface area contributed by atoms with Crippen molar-refractivity contribution in [2.24, 2.45) is 0 Å². The molecule has 4 nitrogen and oxygen atoms in total. The molecule has 2 fully saturated rings. The number of amides is 1. The van der Waals surface area contributed by atoms with Crippen LogP contribution in [0.25, 0.3) is 10.8 Å². The van der Waals surface area contributed by atoms with E-state index in [2.05, 4.69) is 10.6 Å². The fraction of sp³-hybridized carbons (Fsp3) is 0.389. The minimum absolute atomic E-state index is 0.0893. The van der Waals surface area contributed by atoms with Crippen molar-refractivity contribution < 1.29 is 18.3 Å². The molecule has 1 amide bonds. The van der Waals surface area contributed by atoms with Gasteiger partial charge in [0.05, 0.1) is 18.2 Å². The van der Waals surface area contributed by atoms with E-state index in [1.807, 2.05) is 0 Å². The molecule has 2 N–H and O–H groups in total. The van der Waals surface area contributed by atoms with E-state index in [0.717, 1.165) is 19.5 Å². The van der Waals surface area contributed by atoms with Crippen LogP contribution >= 0.6 is 0 Å². The summed E-state index contributed by atoms with van der Waals surface area (Å²) in [6.07, 6.45) is -1.86. The molecule has 2 heterocycles. The Morgan fingerprint density at radius 3 is 2.75 bits per heavy atom. The minimum Gasteiger partial charge on any atom is -0.370 e. The quantitative estimate of drug-likeness (QED) is 0.908. The van der Waals surface area contributed by atoms with Crippen molar-refractivity contribution >= 4 is 16.7 Å². The van der Waals surface area contributed by atoms with Crippen molar-refractivity contribution in [3.8, 4) is 0 Å². The first-order valence-electron chi connectivity index (χ1n) is 8.03. The van der Waals surface area contributed by atoms with Crippen LogP contribution in [0, 0.1) is 0 Å². The van der Waals surface area contributed by atoms with Crippen molar-refractivity contribution in [3.05, 3.63) is 47.5 Å². The van der Waals surface area contributed by atoms with Crippen molar-refractivity contribution in [2.45, 2.75) is 24.5 Å². The molecule has 0 aromatic heterocycles. The lowest BCUT2D eigenvalue weighted by atomic mass is 9.92. The molecule has 1 atom stereocenters. The van der Waals surface area contributed by atoms with Gasteiger partial charge in [0.15, 0.2) is 0 Å². The van der Waals surface area contributed by atoms with Crippen LogP contribution in [0.5, 0.6) is 0 Å². The topological polar surface area (TPSA) is 50.4 Å². The first-order valence-corrected chi connectivity index (χ1v) is 8.03. The zero-order valence-electron chi connectivity index (χ0n) is 13.0. The second-order valence-corrected chi connectivity index (χ2v) is 6.56. The third-order valence-corrected chi connectivity index (χ3v) is 4.82. The average Bonchev–Trinajstić information content (AvgIpc) is 2.98. The minimum atomic E-state index is -2.61. The van der Waals surface area contributed by atoms with Crippen LogP contribution in [0.4, 0.5) is 8.78 Å². The molecule has 2 aliphatic heterocycles. The number of nitrogens with one attached hydrogen (secondary N) is 2. The van der Waals surface area contributed by atoms with Gasteiger partial charge < -0.3 is 15.4 Å². The molecule has 2 aromatic carbocycles. The number of alkyl halides is 2. The number of carbonyl (C=O) groups is 1. The summed E-state index contributed by atoms with van der Waals surface area (Å²) in [6.45, 7) is 2.05. The first-order chi connectivity index (χ1) is 11.6. The second kappa shape index (κ2) is 5.79. The Kier molecular flexibility index (Phi) is 3.73. The number of carbonyl (C=O) groups excluding carboxylic acids is 1. The number of halogens is 2. The zero-order valence-corrected chi connectivity index (χ0v) is 13.0. The molecule has 1 spiro atoms. The van der Waals surface area contributed by atoms with Gasteiger partial charge in [-0.1, -0.05) is 24.3 Å². The smallest absolute Gasteiger partial charge is 0.263 e. The van der Waals surface area contributed by atoms with Crippen LogP contribution in [0.3, 0.4) is 0 Å². The van der Waals surface area contributed by atoms with Gasteiger partial charge in [-0.25, -0.2) is 8.78 Å². The van der Waals surface area contributed by atoms with E-state index < -0.39 is 6.43 Å². The highest BCUT2D eigenvalue weighted by Gasteiger charge is 2.45. The number of rotatable bonds is 3. The van der Waals surface area contributed by atoms with Crippen LogP contribution in [0.15, 0.2) is 36.4 Å². The number of hydrogen-bond donors (Lipinski definition) is 2. The summed E-state index contributed by atoms with van der Waals surface area (Å²) in [4.78, 5) is 12.7. The highest BCUT2D eigenvalue weighted by atomic mass is 19.3. The van der Waals surface area contributed by atoms with Crippen LogP contribution in [-0.2, 0) is 4.74 Å². The molecule has 2 aliphatic rings. The van der Waals surface area contributed by atoms with E-state index in [1.165, 1.54) is 12.1 Å². The fourth-order valence-electron chi connectivity index (χ4n) is 3.50. The van der Waals surface area contributed by atoms with Crippen molar-refractivity contribution in [1.82, 2.24) is 10.6 Å². The Hall–Kier alpha value is -2.05. The molecule has 4 rings (SSSR count). The van der Waals surface area contributed by atoms with Crippen LogP contribution < -0.4 is 10.6 Å². The maximum Gasteiger partial charge on any atom is 0.263 e. The van der Waals surface area contributed by atoms with Crippen LogP contribution in [-0.4, -0.2) is 37.2 Å². The van der Waals surface area contributed by atoms with Crippen molar-refractivity contribution in [3.63, 3.8) is 0 Å². The standard InChI is InChI=1S/C18H18F2N2O2/c19-16(20)12-5-11-3-1-2-4-14(11)15(6-12)17(23)22-13-7-18(24-8-13)9-21-10-18/h1-6,13,16,21H,7-10H2,(H,22,23). The third-order valence-electron chi connectivity index (χ3n) is 4.82. The fourth-order valence-corrected chi connectivity index (χ4v) is 3.50. The molecule has 2 saturated heterocycles. The molecule has 24 heavy (non-hydrogen) atoms. The van der Waals surface area contributed by atoms with Crippen LogP contribution in [0.2, 0.25) is 0 Å². The van der Waals surface area contributed by atoms with E-state index in [1.54, 1.807) is 24.3 Å². The lowest BCUT2D eigenvalue weighted by Crippen LogP contribution is -2.59. The van der Waals surface area contributed by atoms with Gasteiger partial charge in [0.1, 0.15) is 0 Å². The second-order valence-electron chi connectivity index (χ2n) is 6.56. The molecular formula is C18H18F2N2O2. The zero-order chi connectivity index (χ0) is 16.7. The summed E-state index contributed by atoms with van der Waals surface area (Å²) < 4.78 is 32.1. The van der Waals surface area contributed by atoms with E-state index in [4.69, 9.17) is 4.74 Å². The number of fused-ring (bicyclic) bond motifs is 1. The predicted octanol–water partition coefficient (Wildman–Crippen LogP) is 2.64. The summed E-state index contributed by atoms with van der Waals surface area (Å²) in [5.74, 6) is -0.327. The summed E-state index contributed by atoms with van der Waals surface area (Å²) in [6, 6.07) is 9.73. The Morgan fingerprint density at radius 1 is 1.29 bits per heavy atom. The molecule has 0 saturated carbocycles. The molecule has 0 radical (unpaired) electrons. The highest BCUT2D eigenvalue weighted by molar-refractivity contribution is 6.07. The van der Waals surface area contributed by atoms with E-state index >= 15 is 0 Å². The maximum absolute atomic E-state index is 13.1. The monoisotopic (exact) mass is 332 g/mol. The van der Waals surface area contributed by atoms with Gasteiger partial charge in [-0.15, -0.1) is 0 Å². The molecule has 0 aliphatic carbocycles. The molecule has 126 valence electrons. The molecule has 6 heteroatoms. The number of benzene rings is 2. The van der Waals surface area contributed by atoms with Crippen molar-refractivity contribution in [2.75, 3.05) is 19.7 Å². The Morgan fingerprint density at radius 2 is 2.08 bits per heavy atom. The van der Waals surface area contributed by atoms with Gasteiger partial charge in [0, 0.05) is 30.6 Å². The molecule has 1 unspecified atom stereocenters. The van der Waals surface area contributed by atoms with E-state index in [-0.39, 0.29) is 28.7 Å².